The lowest BCUT2D eigenvalue weighted by molar-refractivity contribution is 0.171. The maximum Gasteiger partial charge on any atom is 0.236 e. The Morgan fingerprint density at radius 1 is 1.03 bits per heavy atom. The molecular formula is C26H30N2O6S. The summed E-state index contributed by atoms with van der Waals surface area (Å²) in [4.78, 5) is 6.60. The molecule has 1 aromatic heterocycles. The summed E-state index contributed by atoms with van der Waals surface area (Å²) >= 11 is 0. The van der Waals surface area contributed by atoms with E-state index in [1.165, 1.54) is 12.1 Å². The Bertz CT molecular complexity index is 1280. The van der Waals surface area contributed by atoms with E-state index in [2.05, 4.69) is 11.9 Å². The lowest BCUT2D eigenvalue weighted by Crippen LogP contribution is -2.33. The fraction of sp³-hybridized carbons (Fsp3) is 0.423. The molecule has 0 spiro atoms. The second kappa shape index (κ2) is 9.81. The highest BCUT2D eigenvalue weighted by atomic mass is 32.2. The number of sulfone groups is 1. The van der Waals surface area contributed by atoms with Gasteiger partial charge in [0, 0.05) is 24.7 Å². The molecule has 5 rings (SSSR count). The number of piperidine rings is 1. The molecule has 2 aliphatic heterocycles. The monoisotopic (exact) mass is 498 g/mol. The van der Waals surface area contributed by atoms with E-state index in [1.807, 2.05) is 36.1 Å². The number of aromatic nitrogens is 1. The molecular weight excluding hydrogens is 468 g/mol. The molecule has 186 valence electrons. The summed E-state index contributed by atoms with van der Waals surface area (Å²) in [6, 6.07) is 12.0. The average Bonchev–Trinajstić information content (AvgIpc) is 3.34. The Balaban J connectivity index is 1.54. The first-order valence-electron chi connectivity index (χ1n) is 12.1. The van der Waals surface area contributed by atoms with Crippen molar-refractivity contribution >= 4 is 15.7 Å². The molecule has 0 atom stereocenters. The number of hydrogen-bond acceptors (Lipinski definition) is 8. The average molecular weight is 499 g/mol. The van der Waals surface area contributed by atoms with Crippen LogP contribution in [-0.2, 0) is 9.84 Å². The highest BCUT2D eigenvalue weighted by Crippen LogP contribution is 2.39. The first kappa shape index (κ1) is 23.5. The van der Waals surface area contributed by atoms with Crippen molar-refractivity contribution in [3.05, 3.63) is 42.5 Å². The molecule has 9 heteroatoms. The number of benzene rings is 2. The number of anilines is 1. The Morgan fingerprint density at radius 2 is 1.74 bits per heavy atom. The van der Waals surface area contributed by atoms with Crippen molar-refractivity contribution in [3.63, 3.8) is 0 Å². The summed E-state index contributed by atoms with van der Waals surface area (Å²) in [6.07, 6.45) is 2.84. The van der Waals surface area contributed by atoms with Gasteiger partial charge >= 0.3 is 0 Å². The lowest BCUT2D eigenvalue weighted by Gasteiger charge is -2.30. The van der Waals surface area contributed by atoms with Crippen LogP contribution < -0.4 is 19.1 Å². The number of hydrogen-bond donors (Lipinski definition) is 0. The van der Waals surface area contributed by atoms with E-state index in [0.29, 0.717) is 55.9 Å². The number of nitrogens with zero attached hydrogens (tertiary/aromatic N) is 2. The third kappa shape index (κ3) is 4.82. The number of fused-ring (bicyclic) bond motifs is 1. The molecule has 3 heterocycles. The summed E-state index contributed by atoms with van der Waals surface area (Å²) in [6.45, 7) is 7.12. The molecule has 0 bridgehead atoms. The molecule has 0 aliphatic carbocycles. The summed E-state index contributed by atoms with van der Waals surface area (Å²) in [5, 5.41) is -0.0787. The fourth-order valence-electron chi connectivity index (χ4n) is 4.22. The van der Waals surface area contributed by atoms with E-state index < -0.39 is 9.84 Å². The predicted octanol–water partition coefficient (Wildman–Crippen LogP) is 4.97. The van der Waals surface area contributed by atoms with Gasteiger partial charge in [0.25, 0.3) is 0 Å². The van der Waals surface area contributed by atoms with Crippen molar-refractivity contribution in [2.45, 2.75) is 43.0 Å². The third-order valence-corrected chi connectivity index (χ3v) is 7.95. The van der Waals surface area contributed by atoms with Crippen LogP contribution in [0.5, 0.6) is 17.2 Å². The van der Waals surface area contributed by atoms with Gasteiger partial charge in [0.1, 0.15) is 19.0 Å². The van der Waals surface area contributed by atoms with Crippen LogP contribution in [-0.4, -0.2) is 46.3 Å². The van der Waals surface area contributed by atoms with Crippen molar-refractivity contribution in [1.82, 2.24) is 4.98 Å². The van der Waals surface area contributed by atoms with Gasteiger partial charge < -0.3 is 23.5 Å². The van der Waals surface area contributed by atoms with Crippen LogP contribution in [0.25, 0.3) is 11.5 Å². The lowest BCUT2D eigenvalue weighted by atomic mass is 9.99. The first-order valence-corrected chi connectivity index (χ1v) is 13.6. The SMILES string of the molecule is CCCOc1ccc(-c2nc(S(=O)(=O)c3ccc4c(c3)OCCO4)c(N3CCC(C)CC3)o2)cc1. The van der Waals surface area contributed by atoms with Crippen molar-refractivity contribution in [2.24, 2.45) is 5.92 Å². The van der Waals surface area contributed by atoms with Crippen LogP contribution in [0.2, 0.25) is 0 Å². The second-order valence-electron chi connectivity index (χ2n) is 8.98. The summed E-state index contributed by atoms with van der Waals surface area (Å²) in [5.74, 6) is 2.83. The third-order valence-electron chi connectivity index (χ3n) is 6.30. The normalized spacial score (nSPS) is 16.3. The molecule has 3 aromatic rings. The molecule has 0 amide bonds. The minimum absolute atomic E-state index is 0.0787. The van der Waals surface area contributed by atoms with Gasteiger partial charge in [-0.3, -0.25) is 0 Å². The zero-order chi connectivity index (χ0) is 24.4. The van der Waals surface area contributed by atoms with Gasteiger partial charge in [-0.25, -0.2) is 8.42 Å². The predicted molar refractivity (Wildman–Crippen MR) is 131 cm³/mol. The maximum absolute atomic E-state index is 13.8. The highest BCUT2D eigenvalue weighted by molar-refractivity contribution is 7.91. The van der Waals surface area contributed by atoms with Crippen LogP contribution in [0, 0.1) is 5.92 Å². The Kier molecular flexibility index (Phi) is 6.60. The van der Waals surface area contributed by atoms with Gasteiger partial charge in [-0.05, 0) is 61.6 Å². The molecule has 35 heavy (non-hydrogen) atoms. The molecule has 0 unspecified atom stereocenters. The van der Waals surface area contributed by atoms with Crippen molar-refractivity contribution < 1.29 is 27.0 Å². The van der Waals surface area contributed by atoms with E-state index in [4.69, 9.17) is 18.6 Å². The van der Waals surface area contributed by atoms with Gasteiger partial charge in [-0.1, -0.05) is 13.8 Å². The van der Waals surface area contributed by atoms with Crippen LogP contribution in [0.15, 0.2) is 56.8 Å². The second-order valence-corrected chi connectivity index (χ2v) is 10.8. The number of ether oxygens (including phenoxy) is 3. The van der Waals surface area contributed by atoms with E-state index in [9.17, 15) is 8.42 Å². The zero-order valence-electron chi connectivity index (χ0n) is 20.0. The number of rotatable bonds is 7. The molecule has 0 N–H and O–H groups in total. The van der Waals surface area contributed by atoms with E-state index >= 15 is 0 Å². The van der Waals surface area contributed by atoms with E-state index in [-0.39, 0.29) is 21.7 Å². The highest BCUT2D eigenvalue weighted by Gasteiger charge is 2.33. The van der Waals surface area contributed by atoms with Gasteiger partial charge in [-0.2, -0.15) is 4.98 Å². The molecule has 2 aliphatic rings. The van der Waals surface area contributed by atoms with E-state index in [1.54, 1.807) is 6.07 Å². The minimum atomic E-state index is -3.98. The summed E-state index contributed by atoms with van der Waals surface area (Å²) in [7, 11) is -3.98. The van der Waals surface area contributed by atoms with Gasteiger partial charge in [0.2, 0.25) is 26.6 Å². The largest absolute Gasteiger partial charge is 0.494 e. The topological polar surface area (TPSA) is 91.1 Å². The molecule has 1 saturated heterocycles. The molecule has 8 nitrogen and oxygen atoms in total. The summed E-state index contributed by atoms with van der Waals surface area (Å²) < 4.78 is 50.6. The standard InChI is InChI=1S/C26H30N2O6S/c1-3-14-31-20-6-4-19(5-7-20)24-27-25(26(34-24)28-12-10-18(2)11-13-28)35(29,30)21-8-9-22-23(17-21)33-16-15-32-22/h4-9,17-18H,3,10-16H2,1-2H3. The van der Waals surface area contributed by atoms with Crippen LogP contribution >= 0.6 is 0 Å². The van der Waals surface area contributed by atoms with Crippen molar-refractivity contribution in [3.8, 4) is 28.7 Å². The van der Waals surface area contributed by atoms with Crippen molar-refractivity contribution in [2.75, 3.05) is 37.8 Å². The Hall–Kier alpha value is -3.20. The smallest absolute Gasteiger partial charge is 0.236 e. The summed E-state index contributed by atoms with van der Waals surface area (Å²) in [5.41, 5.74) is 0.684. The Morgan fingerprint density at radius 3 is 2.46 bits per heavy atom. The fourth-order valence-corrected chi connectivity index (χ4v) is 5.56. The van der Waals surface area contributed by atoms with Crippen LogP contribution in [0.3, 0.4) is 0 Å². The maximum atomic E-state index is 13.8. The molecule has 0 radical (unpaired) electrons. The molecule has 0 saturated carbocycles. The van der Waals surface area contributed by atoms with Gasteiger partial charge in [0.05, 0.1) is 11.5 Å². The first-order chi connectivity index (χ1) is 17.0. The Labute approximate surface area is 205 Å². The molecule has 2 aromatic carbocycles. The van der Waals surface area contributed by atoms with Crippen LogP contribution in [0.1, 0.15) is 33.1 Å². The van der Waals surface area contributed by atoms with Gasteiger partial charge in [0.15, 0.2) is 11.5 Å². The quantitative estimate of drug-likeness (QED) is 0.451. The molecule has 1 fully saturated rings. The van der Waals surface area contributed by atoms with E-state index in [0.717, 1.165) is 25.0 Å². The van der Waals surface area contributed by atoms with Crippen LogP contribution in [0.4, 0.5) is 5.88 Å². The van der Waals surface area contributed by atoms with Gasteiger partial charge in [-0.15, -0.1) is 0 Å². The zero-order valence-corrected chi connectivity index (χ0v) is 20.8. The van der Waals surface area contributed by atoms with Crippen molar-refractivity contribution in [1.29, 1.82) is 0 Å². The number of oxazole rings is 1. The minimum Gasteiger partial charge on any atom is -0.494 e.